The van der Waals surface area contributed by atoms with Crippen molar-refractivity contribution in [2.75, 3.05) is 6.61 Å². The summed E-state index contributed by atoms with van der Waals surface area (Å²) in [5.74, 6) is 1.51. The van der Waals surface area contributed by atoms with Crippen LogP contribution in [0.15, 0.2) is 12.2 Å². The Labute approximate surface area is 62.8 Å². The van der Waals surface area contributed by atoms with Crippen LogP contribution < -0.4 is 0 Å². The van der Waals surface area contributed by atoms with Gasteiger partial charge in [0.2, 0.25) is 0 Å². The standard InChI is InChI=1S/C9H16O/c1-8-4-2-3-5-9(8)6-7-10/h2-3,8-10H,4-7H2,1H3. The number of hydrogen-bond acceptors (Lipinski definition) is 1. The Bertz CT molecular complexity index is 118. The molecule has 0 radical (unpaired) electrons. The van der Waals surface area contributed by atoms with Crippen LogP contribution in [0.25, 0.3) is 0 Å². The van der Waals surface area contributed by atoms with Crippen molar-refractivity contribution in [3.8, 4) is 0 Å². The molecule has 1 rings (SSSR count). The molecule has 0 aliphatic heterocycles. The highest BCUT2D eigenvalue weighted by atomic mass is 16.3. The monoisotopic (exact) mass is 140 g/mol. The van der Waals surface area contributed by atoms with Gasteiger partial charge in [0.15, 0.2) is 0 Å². The van der Waals surface area contributed by atoms with E-state index in [1.807, 2.05) is 0 Å². The molecule has 0 aromatic carbocycles. The number of aliphatic hydroxyl groups is 1. The van der Waals surface area contributed by atoms with E-state index < -0.39 is 0 Å². The summed E-state index contributed by atoms with van der Waals surface area (Å²) >= 11 is 0. The van der Waals surface area contributed by atoms with Crippen LogP contribution in [0.4, 0.5) is 0 Å². The van der Waals surface area contributed by atoms with Crippen LogP contribution in [-0.2, 0) is 0 Å². The quantitative estimate of drug-likeness (QED) is 0.581. The smallest absolute Gasteiger partial charge is 0.0433 e. The van der Waals surface area contributed by atoms with E-state index >= 15 is 0 Å². The van der Waals surface area contributed by atoms with Crippen molar-refractivity contribution in [2.24, 2.45) is 11.8 Å². The Kier molecular flexibility index (Phi) is 2.94. The molecule has 10 heavy (non-hydrogen) atoms. The Morgan fingerprint density at radius 3 is 2.70 bits per heavy atom. The molecule has 0 heterocycles. The highest BCUT2D eigenvalue weighted by Gasteiger charge is 2.16. The van der Waals surface area contributed by atoms with Crippen molar-refractivity contribution in [3.63, 3.8) is 0 Å². The van der Waals surface area contributed by atoms with Crippen molar-refractivity contribution in [1.29, 1.82) is 0 Å². The number of hydrogen-bond donors (Lipinski definition) is 1. The molecule has 1 heteroatoms. The second-order valence-corrected chi connectivity index (χ2v) is 3.19. The van der Waals surface area contributed by atoms with E-state index in [4.69, 9.17) is 5.11 Å². The zero-order chi connectivity index (χ0) is 7.40. The second kappa shape index (κ2) is 3.77. The zero-order valence-electron chi connectivity index (χ0n) is 6.59. The Morgan fingerprint density at radius 1 is 1.40 bits per heavy atom. The van der Waals surface area contributed by atoms with Crippen LogP contribution in [0.3, 0.4) is 0 Å². The molecule has 58 valence electrons. The molecule has 0 amide bonds. The van der Waals surface area contributed by atoms with Gasteiger partial charge in [0.25, 0.3) is 0 Å². The Balaban J connectivity index is 2.35. The van der Waals surface area contributed by atoms with Crippen LogP contribution in [0.2, 0.25) is 0 Å². The maximum Gasteiger partial charge on any atom is 0.0433 e. The molecule has 0 saturated heterocycles. The number of allylic oxidation sites excluding steroid dienone is 2. The molecule has 1 nitrogen and oxygen atoms in total. The van der Waals surface area contributed by atoms with Gasteiger partial charge in [-0.1, -0.05) is 19.1 Å². The summed E-state index contributed by atoms with van der Waals surface area (Å²) in [6.45, 7) is 2.62. The lowest BCUT2D eigenvalue weighted by Gasteiger charge is -2.23. The predicted molar refractivity (Wildman–Crippen MR) is 42.7 cm³/mol. The third-order valence-corrected chi connectivity index (χ3v) is 2.42. The summed E-state index contributed by atoms with van der Waals surface area (Å²) in [4.78, 5) is 0. The van der Waals surface area contributed by atoms with Gasteiger partial charge in [-0.15, -0.1) is 0 Å². The van der Waals surface area contributed by atoms with Gasteiger partial charge in [-0.2, -0.15) is 0 Å². The maximum atomic E-state index is 8.71. The first-order valence-electron chi connectivity index (χ1n) is 4.10. The van der Waals surface area contributed by atoms with Crippen LogP contribution in [0.1, 0.15) is 26.2 Å². The first-order chi connectivity index (χ1) is 4.84. The van der Waals surface area contributed by atoms with Gasteiger partial charge in [-0.25, -0.2) is 0 Å². The summed E-state index contributed by atoms with van der Waals surface area (Å²) in [6, 6.07) is 0. The van der Waals surface area contributed by atoms with Crippen LogP contribution in [0.5, 0.6) is 0 Å². The minimum atomic E-state index is 0.350. The largest absolute Gasteiger partial charge is 0.396 e. The van der Waals surface area contributed by atoms with Crippen molar-refractivity contribution < 1.29 is 5.11 Å². The molecule has 0 aromatic rings. The Hall–Kier alpha value is -0.300. The van der Waals surface area contributed by atoms with Gasteiger partial charge in [-0.3, -0.25) is 0 Å². The maximum absolute atomic E-state index is 8.71. The molecular weight excluding hydrogens is 124 g/mol. The fourth-order valence-corrected chi connectivity index (χ4v) is 1.57. The van der Waals surface area contributed by atoms with E-state index in [2.05, 4.69) is 19.1 Å². The normalized spacial score (nSPS) is 32.6. The summed E-state index contributed by atoms with van der Waals surface area (Å²) in [5, 5.41) is 8.71. The van der Waals surface area contributed by atoms with E-state index in [9.17, 15) is 0 Å². The van der Waals surface area contributed by atoms with E-state index in [1.54, 1.807) is 0 Å². The van der Waals surface area contributed by atoms with Crippen LogP contribution in [0, 0.1) is 11.8 Å². The van der Waals surface area contributed by atoms with Gasteiger partial charge < -0.3 is 5.11 Å². The molecule has 0 aromatic heterocycles. The van der Waals surface area contributed by atoms with Gasteiger partial charge in [0.05, 0.1) is 0 Å². The first kappa shape index (κ1) is 7.80. The SMILES string of the molecule is CC1CC=CCC1CCO. The van der Waals surface area contributed by atoms with Crippen molar-refractivity contribution in [2.45, 2.75) is 26.2 Å². The minimum Gasteiger partial charge on any atom is -0.396 e. The van der Waals surface area contributed by atoms with Gasteiger partial charge in [0.1, 0.15) is 0 Å². The summed E-state index contributed by atoms with van der Waals surface area (Å²) in [7, 11) is 0. The highest BCUT2D eigenvalue weighted by molar-refractivity contribution is 4.92. The van der Waals surface area contributed by atoms with E-state index in [1.165, 1.54) is 12.8 Å². The topological polar surface area (TPSA) is 20.2 Å². The molecule has 0 spiro atoms. The van der Waals surface area contributed by atoms with E-state index in [-0.39, 0.29) is 0 Å². The molecule has 2 atom stereocenters. The van der Waals surface area contributed by atoms with Gasteiger partial charge in [0, 0.05) is 6.61 Å². The lowest BCUT2D eigenvalue weighted by molar-refractivity contribution is 0.222. The third-order valence-electron chi connectivity index (χ3n) is 2.42. The lowest BCUT2D eigenvalue weighted by Crippen LogP contribution is -2.14. The molecule has 1 aliphatic carbocycles. The van der Waals surface area contributed by atoms with Crippen molar-refractivity contribution in [1.82, 2.24) is 0 Å². The fourth-order valence-electron chi connectivity index (χ4n) is 1.57. The van der Waals surface area contributed by atoms with Crippen molar-refractivity contribution in [3.05, 3.63) is 12.2 Å². The Morgan fingerprint density at radius 2 is 2.10 bits per heavy atom. The molecule has 0 saturated carbocycles. The number of aliphatic hydroxyl groups excluding tert-OH is 1. The molecule has 2 unspecified atom stereocenters. The first-order valence-corrected chi connectivity index (χ1v) is 4.10. The lowest BCUT2D eigenvalue weighted by atomic mass is 9.82. The van der Waals surface area contributed by atoms with Crippen molar-refractivity contribution >= 4 is 0 Å². The molecule has 0 bridgehead atoms. The molecular formula is C9H16O. The average Bonchev–Trinajstić information content (AvgIpc) is 1.94. The molecule has 0 fully saturated rings. The van der Waals surface area contributed by atoms with E-state index in [0.29, 0.717) is 6.61 Å². The third kappa shape index (κ3) is 1.84. The summed E-state index contributed by atoms with van der Waals surface area (Å²) in [5.41, 5.74) is 0. The second-order valence-electron chi connectivity index (χ2n) is 3.19. The summed E-state index contributed by atoms with van der Waals surface area (Å²) < 4.78 is 0. The fraction of sp³-hybridized carbons (Fsp3) is 0.778. The van der Waals surface area contributed by atoms with E-state index in [0.717, 1.165) is 18.3 Å². The van der Waals surface area contributed by atoms with Crippen LogP contribution in [-0.4, -0.2) is 11.7 Å². The predicted octanol–water partition coefficient (Wildman–Crippen LogP) is 1.97. The van der Waals surface area contributed by atoms with Gasteiger partial charge >= 0.3 is 0 Å². The van der Waals surface area contributed by atoms with Crippen LogP contribution >= 0.6 is 0 Å². The molecule has 1 N–H and O–H groups in total. The van der Waals surface area contributed by atoms with Gasteiger partial charge in [-0.05, 0) is 31.1 Å². The number of rotatable bonds is 2. The zero-order valence-corrected chi connectivity index (χ0v) is 6.59. The minimum absolute atomic E-state index is 0.350. The molecule has 1 aliphatic rings. The summed E-state index contributed by atoms with van der Waals surface area (Å²) in [6.07, 6.45) is 7.83. The average molecular weight is 140 g/mol. The highest BCUT2D eigenvalue weighted by Crippen LogP contribution is 2.26.